The summed E-state index contributed by atoms with van der Waals surface area (Å²) >= 11 is 0. The molecule has 11 atom stereocenters. The zero-order valence-corrected chi connectivity index (χ0v) is 25.1. The molecule has 216 valence electrons. The maximum absolute atomic E-state index is 12.9. The summed E-state index contributed by atoms with van der Waals surface area (Å²) in [7, 11) is 0. The fraction of sp³-hybridized carbons (Fsp3) is 0.906. The van der Waals surface area contributed by atoms with Crippen molar-refractivity contribution in [2.24, 2.45) is 45.3 Å². The van der Waals surface area contributed by atoms with Crippen LogP contribution in [0.2, 0.25) is 0 Å². The highest BCUT2D eigenvalue weighted by Crippen LogP contribution is 2.73. The molecular formula is C32H52O6. The highest BCUT2D eigenvalue weighted by molar-refractivity contribution is 5.80. The molecule has 0 aromatic carbocycles. The summed E-state index contributed by atoms with van der Waals surface area (Å²) in [6.07, 6.45) is 7.57. The third kappa shape index (κ3) is 4.75. The molecule has 1 N–H and O–H groups in total. The van der Waals surface area contributed by atoms with Gasteiger partial charge in [0.15, 0.2) is 0 Å². The van der Waals surface area contributed by atoms with Crippen molar-refractivity contribution in [3.05, 3.63) is 0 Å². The van der Waals surface area contributed by atoms with Crippen molar-refractivity contribution in [3.8, 4) is 0 Å². The van der Waals surface area contributed by atoms with E-state index in [2.05, 4.69) is 34.6 Å². The van der Waals surface area contributed by atoms with E-state index in [9.17, 15) is 19.5 Å². The van der Waals surface area contributed by atoms with Crippen molar-refractivity contribution < 1.29 is 29.0 Å². The summed E-state index contributed by atoms with van der Waals surface area (Å²) in [4.78, 5) is 38.0. The van der Waals surface area contributed by atoms with E-state index in [0.29, 0.717) is 30.1 Å². The van der Waals surface area contributed by atoms with Crippen LogP contribution in [0.5, 0.6) is 0 Å². The molecule has 0 aromatic rings. The van der Waals surface area contributed by atoms with Gasteiger partial charge in [0.2, 0.25) is 0 Å². The van der Waals surface area contributed by atoms with Crippen LogP contribution < -0.4 is 0 Å². The fourth-order valence-corrected chi connectivity index (χ4v) is 10.5. The van der Waals surface area contributed by atoms with Crippen LogP contribution in [-0.4, -0.2) is 41.1 Å². The van der Waals surface area contributed by atoms with Crippen LogP contribution in [0.25, 0.3) is 0 Å². The van der Waals surface area contributed by atoms with Crippen LogP contribution >= 0.6 is 0 Å². The Labute approximate surface area is 230 Å². The van der Waals surface area contributed by atoms with E-state index in [-0.39, 0.29) is 46.4 Å². The molecule has 0 aromatic heterocycles. The second kappa shape index (κ2) is 10.2. The van der Waals surface area contributed by atoms with Crippen molar-refractivity contribution in [2.45, 2.75) is 138 Å². The summed E-state index contributed by atoms with van der Waals surface area (Å²) in [6.45, 7) is 16.7. The standard InChI is InChI=1S/C32H52O6/c1-9-29(5)12-10-13-30(6)24(29)11-14-31(7)25-16-23(38-28(36)15-19(2)33)22(20(3)34)18-32(25,8)27(17-26(30)31)37-21(4)35/h19,22-27,33H,9-18H2,1-8H3/t19?,22-,23+,24?,25?,26?,27+,29+,30+,31+,32-/m1/s1. The van der Waals surface area contributed by atoms with Crippen LogP contribution in [-0.2, 0) is 23.9 Å². The van der Waals surface area contributed by atoms with E-state index in [1.54, 1.807) is 13.8 Å². The Kier molecular flexibility index (Phi) is 7.93. The minimum Gasteiger partial charge on any atom is -0.462 e. The van der Waals surface area contributed by atoms with E-state index < -0.39 is 24.1 Å². The summed E-state index contributed by atoms with van der Waals surface area (Å²) in [5.41, 5.74) is 0.120. The maximum Gasteiger partial charge on any atom is 0.308 e. The fourth-order valence-electron chi connectivity index (χ4n) is 10.5. The number of hydrogen-bond donors (Lipinski definition) is 1. The molecule has 4 saturated carbocycles. The second-order valence-corrected chi connectivity index (χ2v) is 14.6. The summed E-state index contributed by atoms with van der Waals surface area (Å²) in [5, 5.41) is 9.75. The first-order valence-electron chi connectivity index (χ1n) is 15.2. The average molecular weight is 533 g/mol. The number of ether oxygens (including phenoxy) is 2. The van der Waals surface area contributed by atoms with E-state index in [1.165, 1.54) is 39.0 Å². The van der Waals surface area contributed by atoms with E-state index in [1.807, 2.05) is 0 Å². The minimum absolute atomic E-state index is 0.000667. The smallest absolute Gasteiger partial charge is 0.308 e. The Hall–Kier alpha value is -1.43. The van der Waals surface area contributed by atoms with Gasteiger partial charge in [-0.3, -0.25) is 14.4 Å². The van der Waals surface area contributed by atoms with Crippen molar-refractivity contribution in [3.63, 3.8) is 0 Å². The summed E-state index contributed by atoms with van der Waals surface area (Å²) in [6, 6.07) is 0. The van der Waals surface area contributed by atoms with Crippen LogP contribution in [0.3, 0.4) is 0 Å². The summed E-state index contributed by atoms with van der Waals surface area (Å²) in [5.74, 6) is 0.0593. The van der Waals surface area contributed by atoms with Crippen LogP contribution in [0.15, 0.2) is 0 Å². The molecule has 0 amide bonds. The predicted octanol–water partition coefficient (Wildman–Crippen LogP) is 6.27. The van der Waals surface area contributed by atoms with Gasteiger partial charge in [0.05, 0.1) is 18.4 Å². The Morgan fingerprint density at radius 3 is 2.11 bits per heavy atom. The maximum atomic E-state index is 12.9. The third-order valence-corrected chi connectivity index (χ3v) is 12.4. The zero-order valence-electron chi connectivity index (χ0n) is 25.1. The number of esters is 2. The normalized spacial score (nSPS) is 47.1. The molecule has 4 aliphatic rings. The molecule has 4 aliphatic carbocycles. The van der Waals surface area contributed by atoms with Gasteiger partial charge in [-0.1, -0.05) is 47.5 Å². The van der Waals surface area contributed by atoms with Crippen LogP contribution in [0, 0.1) is 45.3 Å². The molecule has 4 rings (SSSR count). The Balaban J connectivity index is 1.77. The molecule has 4 unspecified atom stereocenters. The van der Waals surface area contributed by atoms with Gasteiger partial charge in [0.25, 0.3) is 0 Å². The molecule has 0 bridgehead atoms. The number of aliphatic hydroxyl groups is 1. The molecular weight excluding hydrogens is 480 g/mol. The monoisotopic (exact) mass is 532 g/mol. The van der Waals surface area contributed by atoms with Gasteiger partial charge >= 0.3 is 11.9 Å². The van der Waals surface area contributed by atoms with Gasteiger partial charge in [-0.05, 0) is 92.8 Å². The third-order valence-electron chi connectivity index (χ3n) is 12.4. The first kappa shape index (κ1) is 29.6. The van der Waals surface area contributed by atoms with Gasteiger partial charge in [-0.25, -0.2) is 0 Å². The van der Waals surface area contributed by atoms with E-state index in [4.69, 9.17) is 9.47 Å². The summed E-state index contributed by atoms with van der Waals surface area (Å²) < 4.78 is 12.1. The highest BCUT2D eigenvalue weighted by atomic mass is 16.5. The van der Waals surface area contributed by atoms with Gasteiger partial charge in [-0.2, -0.15) is 0 Å². The average Bonchev–Trinajstić information content (AvgIpc) is 2.80. The molecule has 0 saturated heterocycles. The van der Waals surface area contributed by atoms with Gasteiger partial charge < -0.3 is 14.6 Å². The lowest BCUT2D eigenvalue weighted by Crippen LogP contribution is -2.67. The first-order chi connectivity index (χ1) is 17.6. The van der Waals surface area contributed by atoms with Crippen molar-refractivity contribution in [1.82, 2.24) is 0 Å². The van der Waals surface area contributed by atoms with Crippen LogP contribution in [0.4, 0.5) is 0 Å². The number of ketones is 1. The van der Waals surface area contributed by atoms with Crippen LogP contribution in [0.1, 0.15) is 120 Å². The molecule has 0 radical (unpaired) electrons. The number of fused-ring (bicyclic) bond motifs is 5. The number of Topliss-reactive ketones (excluding diaryl/α,β-unsaturated/α-hetero) is 1. The number of hydrogen-bond acceptors (Lipinski definition) is 6. The molecule has 6 heteroatoms. The molecule has 38 heavy (non-hydrogen) atoms. The lowest BCUT2D eigenvalue weighted by molar-refractivity contribution is -0.252. The minimum atomic E-state index is -0.786. The van der Waals surface area contributed by atoms with Crippen molar-refractivity contribution in [1.29, 1.82) is 0 Å². The number of rotatable bonds is 6. The molecule has 6 nitrogen and oxygen atoms in total. The van der Waals surface area contributed by atoms with E-state index >= 15 is 0 Å². The van der Waals surface area contributed by atoms with Gasteiger partial charge in [0, 0.05) is 12.3 Å². The molecule has 0 spiro atoms. The van der Waals surface area contributed by atoms with E-state index in [0.717, 1.165) is 12.8 Å². The highest BCUT2D eigenvalue weighted by Gasteiger charge is 2.69. The number of aliphatic hydroxyl groups excluding tert-OH is 1. The lowest BCUT2D eigenvalue weighted by Gasteiger charge is -2.71. The molecule has 0 heterocycles. The van der Waals surface area contributed by atoms with Crippen molar-refractivity contribution >= 4 is 17.7 Å². The Bertz CT molecular complexity index is 944. The van der Waals surface area contributed by atoms with Gasteiger partial charge in [0.1, 0.15) is 18.0 Å². The zero-order chi connectivity index (χ0) is 28.3. The number of carbonyl (C=O) groups excluding carboxylic acids is 3. The molecule has 4 fully saturated rings. The Morgan fingerprint density at radius 2 is 1.53 bits per heavy atom. The van der Waals surface area contributed by atoms with Gasteiger partial charge in [-0.15, -0.1) is 0 Å². The quantitative estimate of drug-likeness (QED) is 0.406. The predicted molar refractivity (Wildman–Crippen MR) is 146 cm³/mol. The topological polar surface area (TPSA) is 89.9 Å². The Morgan fingerprint density at radius 1 is 0.895 bits per heavy atom. The first-order valence-corrected chi connectivity index (χ1v) is 15.2. The largest absolute Gasteiger partial charge is 0.462 e. The lowest BCUT2D eigenvalue weighted by atomic mass is 9.34. The second-order valence-electron chi connectivity index (χ2n) is 14.6. The molecule has 0 aliphatic heterocycles. The van der Waals surface area contributed by atoms with Crippen molar-refractivity contribution in [2.75, 3.05) is 0 Å². The SMILES string of the molecule is CC[C@@]1(C)CCC[C@@]2(C)C1CC[C@]1(C)C2C[C@H](OC(C)=O)[C@]2(C)C[C@H](C(C)=O)[C@@H](OC(=O)CC(C)O)CC12. The number of carbonyl (C=O) groups is 3.